The molecule has 16 rings (SSSR count). The Morgan fingerprint density at radius 2 is 0.750 bits per heavy atom. The molecule has 314 valence electrons. The van der Waals surface area contributed by atoms with E-state index in [1.165, 1.54) is 116 Å². The van der Waals surface area contributed by atoms with Gasteiger partial charge in [-0.2, -0.15) is 0 Å². The van der Waals surface area contributed by atoms with E-state index < -0.39 is 10.8 Å². The van der Waals surface area contributed by atoms with E-state index in [-0.39, 0.29) is 0 Å². The van der Waals surface area contributed by atoms with Gasteiger partial charge in [-0.25, -0.2) is 0 Å². The molecule has 0 unspecified atom stereocenters. The maximum Gasteiger partial charge on any atom is 0.0755 e. The molecule has 4 aliphatic rings. The van der Waals surface area contributed by atoms with Crippen molar-refractivity contribution in [3.63, 3.8) is 0 Å². The van der Waals surface area contributed by atoms with Crippen LogP contribution in [0.15, 0.2) is 243 Å². The van der Waals surface area contributed by atoms with Crippen LogP contribution in [0.25, 0.3) is 71.6 Å². The van der Waals surface area contributed by atoms with Crippen LogP contribution in [0, 0.1) is 0 Å². The van der Waals surface area contributed by atoms with E-state index in [4.69, 9.17) is 0 Å². The fourth-order valence-electron chi connectivity index (χ4n) is 13.7. The third kappa shape index (κ3) is 4.26. The summed E-state index contributed by atoms with van der Waals surface area (Å²) >= 11 is 0. The number of hydrogen-bond acceptors (Lipinski definition) is 1. The van der Waals surface area contributed by atoms with Crippen LogP contribution in [0.4, 0.5) is 17.1 Å². The lowest BCUT2D eigenvalue weighted by Crippen LogP contribution is -2.33. The normalized spacial score (nSPS) is 14.4. The Morgan fingerprint density at radius 1 is 0.294 bits per heavy atom. The van der Waals surface area contributed by atoms with Crippen molar-refractivity contribution >= 4 is 49.6 Å². The fraction of sp³-hybridized carbons (Fsp3) is 0.0303. The van der Waals surface area contributed by atoms with Crippen LogP contribution < -0.4 is 4.90 Å². The highest BCUT2D eigenvalue weighted by Gasteiger charge is 2.53. The topological polar surface area (TPSA) is 8.17 Å². The Labute approximate surface area is 394 Å². The first kappa shape index (κ1) is 36.5. The molecule has 2 nitrogen and oxygen atoms in total. The quantitative estimate of drug-likeness (QED) is 0.172. The van der Waals surface area contributed by atoms with E-state index in [1.807, 2.05) is 0 Å². The molecule has 2 spiro atoms. The Hall–Kier alpha value is -8.72. The second-order valence-electron chi connectivity index (χ2n) is 19.1. The van der Waals surface area contributed by atoms with Crippen molar-refractivity contribution in [3.8, 4) is 39.1 Å². The molecular weight excluding hydrogens is 821 g/mol. The molecule has 2 heterocycles. The minimum atomic E-state index is -0.576. The molecule has 0 saturated carbocycles. The van der Waals surface area contributed by atoms with Crippen LogP contribution >= 0.6 is 0 Å². The second-order valence-corrected chi connectivity index (χ2v) is 19.1. The molecule has 0 atom stereocenters. The van der Waals surface area contributed by atoms with E-state index in [2.05, 4.69) is 252 Å². The first-order valence-corrected chi connectivity index (χ1v) is 23.8. The van der Waals surface area contributed by atoms with Crippen molar-refractivity contribution < 1.29 is 0 Å². The van der Waals surface area contributed by atoms with Gasteiger partial charge in [0.25, 0.3) is 0 Å². The summed E-state index contributed by atoms with van der Waals surface area (Å²) in [6.45, 7) is 0. The summed E-state index contributed by atoms with van der Waals surface area (Å²) in [7, 11) is 0. The van der Waals surface area contributed by atoms with E-state index >= 15 is 0 Å². The number of para-hydroxylation sites is 2. The molecule has 0 radical (unpaired) electrons. The summed E-state index contributed by atoms with van der Waals surface area (Å²) in [4.78, 5) is 2.58. The minimum Gasteiger partial charge on any atom is -0.310 e. The molecule has 0 N–H and O–H groups in total. The average molecular weight is 861 g/mol. The maximum atomic E-state index is 2.58. The van der Waals surface area contributed by atoms with Crippen LogP contribution in [-0.4, -0.2) is 4.57 Å². The Kier molecular flexibility index (Phi) is 6.98. The van der Waals surface area contributed by atoms with Crippen molar-refractivity contribution in [2.24, 2.45) is 0 Å². The molecular formula is C66H40N2. The molecule has 3 aliphatic carbocycles. The summed E-state index contributed by atoms with van der Waals surface area (Å²) in [5, 5.41) is 4.91. The van der Waals surface area contributed by atoms with E-state index in [0.29, 0.717) is 0 Å². The third-order valence-corrected chi connectivity index (χ3v) is 16.2. The Balaban J connectivity index is 1.06. The van der Waals surface area contributed by atoms with Crippen molar-refractivity contribution in [2.75, 3.05) is 4.90 Å². The van der Waals surface area contributed by atoms with E-state index in [1.54, 1.807) is 0 Å². The summed E-state index contributed by atoms with van der Waals surface area (Å²) in [5.41, 5.74) is 24.5. The molecule has 0 amide bonds. The summed E-state index contributed by atoms with van der Waals surface area (Å²) < 4.78 is 2.56. The number of anilines is 3. The highest BCUT2D eigenvalue weighted by Crippen LogP contribution is 2.65. The lowest BCUT2D eigenvalue weighted by atomic mass is 9.65. The zero-order valence-electron chi connectivity index (χ0n) is 37.0. The molecule has 2 heteroatoms. The monoisotopic (exact) mass is 860 g/mol. The number of nitrogens with zero attached hydrogens (tertiary/aromatic N) is 2. The van der Waals surface area contributed by atoms with Gasteiger partial charge in [-0.05, 0) is 126 Å². The van der Waals surface area contributed by atoms with Crippen LogP contribution in [-0.2, 0) is 10.8 Å². The highest BCUT2D eigenvalue weighted by atomic mass is 15.1. The average Bonchev–Trinajstić information content (AvgIpc) is 4.10. The van der Waals surface area contributed by atoms with Crippen molar-refractivity contribution in [1.82, 2.24) is 4.57 Å². The molecule has 11 aromatic carbocycles. The first-order chi connectivity index (χ1) is 33.8. The zero-order valence-corrected chi connectivity index (χ0v) is 37.0. The van der Waals surface area contributed by atoms with Gasteiger partial charge in [0.1, 0.15) is 0 Å². The van der Waals surface area contributed by atoms with E-state index in [9.17, 15) is 0 Å². The molecule has 12 aromatic rings. The van der Waals surface area contributed by atoms with Gasteiger partial charge in [0, 0.05) is 27.5 Å². The van der Waals surface area contributed by atoms with Crippen LogP contribution in [0.1, 0.15) is 44.5 Å². The molecule has 1 aromatic heterocycles. The smallest absolute Gasteiger partial charge is 0.0755 e. The number of fused-ring (bicyclic) bond motifs is 23. The van der Waals surface area contributed by atoms with Gasteiger partial charge in [0.15, 0.2) is 0 Å². The van der Waals surface area contributed by atoms with Crippen LogP contribution in [0.5, 0.6) is 0 Å². The lowest BCUT2D eigenvalue weighted by molar-refractivity contribution is 0.748. The molecule has 0 fully saturated rings. The predicted molar refractivity (Wildman–Crippen MR) is 280 cm³/mol. The molecule has 1 aliphatic heterocycles. The lowest BCUT2D eigenvalue weighted by Gasteiger charge is -2.40. The molecule has 68 heavy (non-hydrogen) atoms. The van der Waals surface area contributed by atoms with Crippen molar-refractivity contribution in [1.29, 1.82) is 0 Å². The summed E-state index contributed by atoms with van der Waals surface area (Å²) in [6, 6.07) is 92.0. The van der Waals surface area contributed by atoms with Gasteiger partial charge in [-0.3, -0.25) is 0 Å². The maximum absolute atomic E-state index is 2.58. The van der Waals surface area contributed by atoms with E-state index in [0.717, 1.165) is 17.1 Å². The third-order valence-electron chi connectivity index (χ3n) is 16.2. The van der Waals surface area contributed by atoms with Crippen molar-refractivity contribution in [2.45, 2.75) is 10.8 Å². The summed E-state index contributed by atoms with van der Waals surface area (Å²) in [5.74, 6) is 0. The van der Waals surface area contributed by atoms with Crippen LogP contribution in [0.3, 0.4) is 0 Å². The Bertz CT molecular complexity index is 4070. The van der Waals surface area contributed by atoms with Gasteiger partial charge in [-0.15, -0.1) is 0 Å². The molecule has 0 saturated heterocycles. The van der Waals surface area contributed by atoms with Crippen molar-refractivity contribution in [3.05, 3.63) is 287 Å². The van der Waals surface area contributed by atoms with Crippen LogP contribution in [0.2, 0.25) is 0 Å². The fourth-order valence-corrected chi connectivity index (χ4v) is 13.7. The molecule has 0 bridgehead atoms. The standard InChI is InChI=1S/C66H40N2/c1-2-20-44-41(18-1)19-17-35-61(44)67(42-36-37-50-49-25-7-11-29-55(49)65(59(50)39-42)53-27-9-3-21-45(53)46-22-4-10-28-54(46)65)43-38-52-51-26-8-15-33-62(51)68-63-34-16-14-32-58(63)66(60(40-43)64(52)68)56-30-12-5-23-47(56)48-24-6-13-31-57(48)66/h1-40H. The summed E-state index contributed by atoms with van der Waals surface area (Å²) in [6.07, 6.45) is 0. The van der Waals surface area contributed by atoms with Gasteiger partial charge in [0.2, 0.25) is 0 Å². The highest BCUT2D eigenvalue weighted by molar-refractivity contribution is 6.15. The largest absolute Gasteiger partial charge is 0.310 e. The van der Waals surface area contributed by atoms with Gasteiger partial charge < -0.3 is 9.47 Å². The minimum absolute atomic E-state index is 0.478. The SMILES string of the molecule is c1ccc2c(c1)-c1ccccc1C21c2ccccc2-c2ccc(N(c3cc4c5c(c3)c3ccccc3n5-c3ccccc3C43c4ccccc4-c4ccccc43)c3cccc4ccccc34)cc21. The zero-order chi connectivity index (χ0) is 44.3. The number of aromatic nitrogens is 1. The predicted octanol–water partition coefficient (Wildman–Crippen LogP) is 16.4. The number of rotatable bonds is 3. The second kappa shape index (κ2) is 13.0. The van der Waals surface area contributed by atoms with Gasteiger partial charge >= 0.3 is 0 Å². The van der Waals surface area contributed by atoms with Gasteiger partial charge in [-0.1, -0.05) is 200 Å². The number of benzene rings is 11. The van der Waals surface area contributed by atoms with Gasteiger partial charge in [0.05, 0.1) is 33.2 Å². The Morgan fingerprint density at radius 3 is 1.37 bits per heavy atom. The first-order valence-electron chi connectivity index (χ1n) is 23.8. The number of hydrogen-bond donors (Lipinski definition) is 0.